The quantitative estimate of drug-likeness (QED) is 0.574. The number of hydrazine groups is 1. The normalized spacial score (nSPS) is 11.1. The lowest BCUT2D eigenvalue weighted by Gasteiger charge is -2.21. The first-order chi connectivity index (χ1) is 8.61. The number of pyridine rings is 1. The zero-order chi connectivity index (χ0) is 14.8. The van der Waals surface area contributed by atoms with Crippen LogP contribution in [-0.4, -0.2) is 16.7 Å². The highest BCUT2D eigenvalue weighted by Crippen LogP contribution is 2.30. The van der Waals surface area contributed by atoms with E-state index >= 15 is 0 Å². The van der Waals surface area contributed by atoms with Crippen molar-refractivity contribution in [3.05, 3.63) is 16.4 Å². The van der Waals surface area contributed by atoms with E-state index in [-0.39, 0.29) is 10.8 Å². The largest absolute Gasteiger partial charge is 0.443 e. The first kappa shape index (κ1) is 15.4. The Balaban J connectivity index is 2.81. The molecule has 0 fully saturated rings. The number of rotatable bonds is 2. The second kappa shape index (κ2) is 5.52. The number of nitrogens with two attached hydrogens (primary N) is 1. The highest BCUT2D eigenvalue weighted by molar-refractivity contribution is 6.32. The Kier molecular flexibility index (Phi) is 4.47. The van der Waals surface area contributed by atoms with Crippen LogP contribution >= 0.6 is 11.6 Å². The number of halogens is 1. The Bertz CT molecular complexity index is 471. The molecular weight excluding hydrogens is 268 g/mol. The molecule has 1 amide bonds. The van der Waals surface area contributed by atoms with Gasteiger partial charge in [0.25, 0.3) is 0 Å². The molecule has 106 valence electrons. The molecule has 6 nitrogen and oxygen atoms in total. The van der Waals surface area contributed by atoms with Crippen molar-refractivity contribution in [1.29, 1.82) is 0 Å². The molecule has 19 heavy (non-hydrogen) atoms. The maximum atomic E-state index is 11.5. The van der Waals surface area contributed by atoms with Crippen LogP contribution in [0.2, 0.25) is 5.15 Å². The van der Waals surface area contributed by atoms with Crippen LogP contribution in [0.1, 0.15) is 32.0 Å². The predicted octanol–water partition coefficient (Wildman–Crippen LogP) is 2.79. The van der Waals surface area contributed by atoms with E-state index in [2.05, 4.69) is 15.8 Å². The third-order valence-electron chi connectivity index (χ3n) is 2.36. The molecule has 0 aromatic carbocycles. The fraction of sp³-hybridized carbons (Fsp3) is 0.500. The van der Waals surface area contributed by atoms with E-state index in [0.717, 1.165) is 11.3 Å². The lowest BCUT2D eigenvalue weighted by Crippen LogP contribution is -2.36. The SMILES string of the molecule is Cc1nc(Cl)c(N)c(NNC(=O)OC(C)(C)C)c1C. The van der Waals surface area contributed by atoms with E-state index in [1.807, 2.05) is 6.92 Å². The summed E-state index contributed by atoms with van der Waals surface area (Å²) in [5.41, 5.74) is 12.7. The van der Waals surface area contributed by atoms with Gasteiger partial charge in [-0.2, -0.15) is 0 Å². The summed E-state index contributed by atoms with van der Waals surface area (Å²) < 4.78 is 5.10. The fourth-order valence-corrected chi connectivity index (χ4v) is 1.58. The van der Waals surface area contributed by atoms with E-state index < -0.39 is 11.7 Å². The van der Waals surface area contributed by atoms with Gasteiger partial charge in [0.15, 0.2) is 5.15 Å². The van der Waals surface area contributed by atoms with Gasteiger partial charge >= 0.3 is 6.09 Å². The minimum absolute atomic E-state index is 0.191. The smallest absolute Gasteiger partial charge is 0.426 e. The Morgan fingerprint density at radius 3 is 2.47 bits per heavy atom. The molecule has 4 N–H and O–H groups in total. The van der Waals surface area contributed by atoms with Gasteiger partial charge in [-0.3, -0.25) is 5.43 Å². The Labute approximate surface area is 117 Å². The molecule has 0 aliphatic heterocycles. The van der Waals surface area contributed by atoms with Gasteiger partial charge in [0.1, 0.15) is 5.60 Å². The average molecular weight is 287 g/mol. The zero-order valence-electron chi connectivity index (χ0n) is 11.7. The van der Waals surface area contributed by atoms with Crippen molar-refractivity contribution < 1.29 is 9.53 Å². The van der Waals surface area contributed by atoms with E-state index in [1.165, 1.54) is 0 Å². The Hall–Kier alpha value is -1.69. The molecule has 0 unspecified atom stereocenters. The number of hydrogen-bond acceptors (Lipinski definition) is 5. The van der Waals surface area contributed by atoms with Gasteiger partial charge in [-0.25, -0.2) is 15.2 Å². The molecule has 1 rings (SSSR count). The van der Waals surface area contributed by atoms with Crippen molar-refractivity contribution in [3.8, 4) is 0 Å². The van der Waals surface area contributed by atoms with Gasteiger partial charge in [0, 0.05) is 5.69 Å². The number of amides is 1. The standard InChI is InChI=1S/C12H19ClN4O2/c1-6-7(2)15-10(13)8(14)9(6)16-17-11(18)19-12(3,4)5/h14H2,1-5H3,(H,15,16)(H,17,18). The molecule has 0 spiro atoms. The predicted molar refractivity (Wildman–Crippen MR) is 76.1 cm³/mol. The van der Waals surface area contributed by atoms with Crippen molar-refractivity contribution in [3.63, 3.8) is 0 Å². The number of nitrogen functional groups attached to an aromatic ring is 1. The van der Waals surface area contributed by atoms with E-state index in [1.54, 1.807) is 27.7 Å². The number of hydrogen-bond donors (Lipinski definition) is 3. The molecule has 0 atom stereocenters. The highest BCUT2D eigenvalue weighted by Gasteiger charge is 2.17. The second-order valence-electron chi connectivity index (χ2n) is 5.15. The van der Waals surface area contributed by atoms with Gasteiger partial charge in [-0.15, -0.1) is 0 Å². The Morgan fingerprint density at radius 2 is 1.95 bits per heavy atom. The lowest BCUT2D eigenvalue weighted by atomic mass is 10.2. The van der Waals surface area contributed by atoms with Crippen LogP contribution in [-0.2, 0) is 4.74 Å². The highest BCUT2D eigenvalue weighted by atomic mass is 35.5. The van der Waals surface area contributed by atoms with Gasteiger partial charge in [0.05, 0.1) is 11.4 Å². The van der Waals surface area contributed by atoms with Crippen LogP contribution in [0.4, 0.5) is 16.2 Å². The van der Waals surface area contributed by atoms with Crippen molar-refractivity contribution >= 4 is 29.1 Å². The summed E-state index contributed by atoms with van der Waals surface area (Å²) in [6.07, 6.45) is -0.600. The summed E-state index contributed by atoms with van der Waals surface area (Å²) in [5.74, 6) is 0. The molecule has 1 aromatic rings. The van der Waals surface area contributed by atoms with E-state index in [4.69, 9.17) is 22.1 Å². The van der Waals surface area contributed by atoms with Crippen LogP contribution in [0.5, 0.6) is 0 Å². The first-order valence-corrected chi connectivity index (χ1v) is 6.17. The summed E-state index contributed by atoms with van der Waals surface area (Å²) in [7, 11) is 0. The van der Waals surface area contributed by atoms with Crippen LogP contribution < -0.4 is 16.6 Å². The van der Waals surface area contributed by atoms with Gasteiger partial charge in [-0.05, 0) is 40.2 Å². The lowest BCUT2D eigenvalue weighted by molar-refractivity contribution is 0.0541. The molecule has 0 saturated heterocycles. The molecule has 7 heteroatoms. The number of carbonyl (C=O) groups excluding carboxylic acids is 1. The third kappa shape index (κ3) is 4.17. The second-order valence-corrected chi connectivity index (χ2v) is 5.51. The molecular formula is C12H19ClN4O2. The topological polar surface area (TPSA) is 89.3 Å². The summed E-state index contributed by atoms with van der Waals surface area (Å²) in [6.45, 7) is 8.96. The number of ether oxygens (including phenoxy) is 1. The third-order valence-corrected chi connectivity index (χ3v) is 2.65. The minimum Gasteiger partial charge on any atom is -0.443 e. The monoisotopic (exact) mass is 286 g/mol. The summed E-state index contributed by atoms with van der Waals surface area (Å²) in [4.78, 5) is 15.6. The maximum absolute atomic E-state index is 11.5. The number of aromatic nitrogens is 1. The number of anilines is 2. The number of aryl methyl sites for hydroxylation is 1. The van der Waals surface area contributed by atoms with Crippen LogP contribution in [0, 0.1) is 13.8 Å². The minimum atomic E-state index is -0.600. The van der Waals surface area contributed by atoms with Crippen molar-refractivity contribution in [2.24, 2.45) is 0 Å². The molecule has 0 radical (unpaired) electrons. The molecule has 0 bridgehead atoms. The summed E-state index contributed by atoms with van der Waals surface area (Å²) in [6, 6.07) is 0. The average Bonchev–Trinajstić information content (AvgIpc) is 2.24. The van der Waals surface area contributed by atoms with Crippen molar-refractivity contribution in [2.45, 2.75) is 40.2 Å². The fourth-order valence-electron chi connectivity index (χ4n) is 1.36. The van der Waals surface area contributed by atoms with Crippen molar-refractivity contribution in [1.82, 2.24) is 10.4 Å². The number of carbonyl (C=O) groups is 1. The van der Waals surface area contributed by atoms with Gasteiger partial charge in [-0.1, -0.05) is 11.6 Å². The van der Waals surface area contributed by atoms with Gasteiger partial charge in [0.2, 0.25) is 0 Å². The first-order valence-electron chi connectivity index (χ1n) is 5.79. The van der Waals surface area contributed by atoms with Gasteiger partial charge < -0.3 is 10.5 Å². The Morgan fingerprint density at radius 1 is 1.37 bits per heavy atom. The molecule has 1 aromatic heterocycles. The molecule has 0 saturated carbocycles. The van der Waals surface area contributed by atoms with Crippen LogP contribution in [0.3, 0.4) is 0 Å². The van der Waals surface area contributed by atoms with E-state index in [0.29, 0.717) is 5.69 Å². The summed E-state index contributed by atoms with van der Waals surface area (Å²) in [5, 5.41) is 0.191. The van der Waals surface area contributed by atoms with Crippen LogP contribution in [0.15, 0.2) is 0 Å². The maximum Gasteiger partial charge on any atom is 0.426 e. The molecule has 0 aliphatic carbocycles. The summed E-state index contributed by atoms with van der Waals surface area (Å²) >= 11 is 5.89. The van der Waals surface area contributed by atoms with Crippen molar-refractivity contribution in [2.75, 3.05) is 11.2 Å². The number of nitrogens with zero attached hydrogens (tertiary/aromatic N) is 1. The zero-order valence-corrected chi connectivity index (χ0v) is 12.5. The molecule has 1 heterocycles. The number of nitrogens with one attached hydrogen (secondary N) is 2. The molecule has 0 aliphatic rings. The van der Waals surface area contributed by atoms with E-state index in [9.17, 15) is 4.79 Å². The van der Waals surface area contributed by atoms with Crippen LogP contribution in [0.25, 0.3) is 0 Å².